The monoisotopic (exact) mass is 232 g/mol. The fourth-order valence-electron chi connectivity index (χ4n) is 0. The molecule has 4 nitrogen and oxygen atoms in total. The van der Waals surface area contributed by atoms with Gasteiger partial charge in [0, 0.05) is 0 Å². The molecule has 0 saturated carbocycles. The van der Waals surface area contributed by atoms with Crippen LogP contribution in [0.25, 0.3) is 0 Å². The SMILES string of the molecule is O=P[O-].O=P[O-].[Pd+2]. The molecule has 44 valence electrons. The van der Waals surface area contributed by atoms with Crippen LogP contribution in [0.15, 0.2) is 0 Å². The van der Waals surface area contributed by atoms with E-state index in [0.29, 0.717) is 0 Å². The first-order valence-electron chi connectivity index (χ1n) is 0.730. The quantitative estimate of drug-likeness (QED) is 0.400. The Hall–Kier alpha value is 0.782. The maximum absolute atomic E-state index is 8.35. The van der Waals surface area contributed by atoms with E-state index in [1.165, 1.54) is 0 Å². The van der Waals surface area contributed by atoms with E-state index in [4.69, 9.17) is 18.9 Å². The average Bonchev–Trinajstić information content (AvgIpc) is 1.39. The molecule has 0 fully saturated rings. The fourth-order valence-corrected chi connectivity index (χ4v) is 0. The van der Waals surface area contributed by atoms with Gasteiger partial charge in [0.15, 0.2) is 0 Å². The van der Waals surface area contributed by atoms with Crippen LogP contribution in [0.2, 0.25) is 0 Å². The van der Waals surface area contributed by atoms with E-state index in [9.17, 15) is 0 Å². The van der Waals surface area contributed by atoms with Gasteiger partial charge in [-0.15, -0.1) is 0 Å². The number of rotatable bonds is 0. The first-order valence-corrected chi connectivity index (χ1v) is 2.19. The summed E-state index contributed by atoms with van der Waals surface area (Å²) < 4.78 is 16.7. The largest absolute Gasteiger partial charge is 2.00 e. The molecule has 0 rings (SSSR count). The van der Waals surface area contributed by atoms with E-state index in [1.807, 2.05) is 0 Å². The summed E-state index contributed by atoms with van der Waals surface area (Å²) in [5.74, 6) is 0. The summed E-state index contributed by atoms with van der Waals surface area (Å²) >= 11 is 0. The van der Waals surface area contributed by atoms with Crippen molar-refractivity contribution in [3.05, 3.63) is 0 Å². The van der Waals surface area contributed by atoms with Crippen LogP contribution in [0.3, 0.4) is 0 Å². The van der Waals surface area contributed by atoms with Crippen LogP contribution in [0, 0.1) is 0 Å². The summed E-state index contributed by atoms with van der Waals surface area (Å²) in [4.78, 5) is 16.7. The van der Waals surface area contributed by atoms with Crippen molar-refractivity contribution < 1.29 is 39.3 Å². The topological polar surface area (TPSA) is 80.3 Å². The molecule has 0 saturated heterocycles. The molecule has 0 aromatic heterocycles. The molecule has 0 radical (unpaired) electrons. The standard InChI is InChI=1S/2HO2P.Pd/c2*1-3-2;/h2*(H,1,2);/q;;+2/p-2. The Balaban J connectivity index is -0.0000000400. The van der Waals surface area contributed by atoms with Crippen LogP contribution in [-0.2, 0) is 29.6 Å². The van der Waals surface area contributed by atoms with E-state index >= 15 is 0 Å². The predicted molar refractivity (Wildman–Crippen MR) is 15.2 cm³/mol. The molecule has 0 aromatic carbocycles. The van der Waals surface area contributed by atoms with Gasteiger partial charge in [-0.25, -0.2) is 0 Å². The Bertz CT molecular complexity index is 30.7. The van der Waals surface area contributed by atoms with E-state index in [2.05, 4.69) is 0 Å². The Morgan fingerprint density at radius 2 is 1.00 bits per heavy atom. The Labute approximate surface area is 57.2 Å². The van der Waals surface area contributed by atoms with Crippen LogP contribution in [0.4, 0.5) is 0 Å². The number of hydrogen-bond acceptors (Lipinski definition) is 4. The average molecular weight is 232 g/mol. The summed E-state index contributed by atoms with van der Waals surface area (Å²) in [6.07, 6.45) is 0. The molecule has 0 aliphatic heterocycles. The van der Waals surface area contributed by atoms with Crippen LogP contribution in [-0.4, -0.2) is 0 Å². The van der Waals surface area contributed by atoms with Gasteiger partial charge in [0.2, 0.25) is 0 Å². The Kier molecular flexibility index (Phi) is 65.5. The molecule has 0 amide bonds. The Morgan fingerprint density at radius 1 is 1.00 bits per heavy atom. The zero-order valence-electron chi connectivity index (χ0n) is 2.84. The molecular weight excluding hydrogens is 232 g/mol. The summed E-state index contributed by atoms with van der Waals surface area (Å²) in [5, 5.41) is 0. The minimum atomic E-state index is -1.08. The second-order valence-corrected chi connectivity index (χ2v) is 0.447. The van der Waals surface area contributed by atoms with Gasteiger partial charge in [0.1, 0.15) is 0 Å². The molecular formula is O4P2Pd. The van der Waals surface area contributed by atoms with E-state index in [0.717, 1.165) is 0 Å². The van der Waals surface area contributed by atoms with E-state index in [-0.39, 0.29) is 20.4 Å². The smallest absolute Gasteiger partial charge is 0.772 e. The van der Waals surface area contributed by atoms with E-state index in [1.54, 1.807) is 0 Å². The van der Waals surface area contributed by atoms with Crippen molar-refractivity contribution in [1.82, 2.24) is 0 Å². The third-order valence-corrected chi connectivity index (χ3v) is 0. The first kappa shape index (κ1) is 15.7. The fraction of sp³-hybridized carbons (Fsp3) is 0. The molecule has 7 heavy (non-hydrogen) atoms. The van der Waals surface area contributed by atoms with Crippen molar-refractivity contribution >= 4 is 17.4 Å². The van der Waals surface area contributed by atoms with Gasteiger partial charge in [-0.1, -0.05) is 0 Å². The second kappa shape index (κ2) is 29.3. The third-order valence-electron chi connectivity index (χ3n) is 0. The zero-order chi connectivity index (χ0) is 5.41. The van der Waals surface area contributed by atoms with Crippen molar-refractivity contribution in [2.24, 2.45) is 0 Å². The molecule has 0 aliphatic rings. The van der Waals surface area contributed by atoms with Crippen LogP contribution >= 0.6 is 17.4 Å². The van der Waals surface area contributed by atoms with Gasteiger partial charge in [0.25, 0.3) is 0 Å². The second-order valence-electron chi connectivity index (χ2n) is 0.149. The maximum Gasteiger partial charge on any atom is 2.00 e. The zero-order valence-corrected chi connectivity index (χ0v) is 6.19. The third kappa shape index (κ3) is 253. The molecule has 0 unspecified atom stereocenters. The normalized spacial score (nSPS) is 6.00. The van der Waals surface area contributed by atoms with Crippen molar-refractivity contribution in [1.29, 1.82) is 0 Å². The van der Waals surface area contributed by atoms with Crippen LogP contribution in [0.5, 0.6) is 0 Å². The Morgan fingerprint density at radius 3 is 1.00 bits per heavy atom. The van der Waals surface area contributed by atoms with Crippen LogP contribution in [0.1, 0.15) is 0 Å². The molecule has 0 bridgehead atoms. The molecule has 0 heterocycles. The molecule has 7 heteroatoms. The van der Waals surface area contributed by atoms with Gasteiger partial charge >= 0.3 is 20.4 Å². The summed E-state index contributed by atoms with van der Waals surface area (Å²) in [6.45, 7) is 0. The summed E-state index contributed by atoms with van der Waals surface area (Å²) in [7, 11) is -2.17. The minimum Gasteiger partial charge on any atom is -0.772 e. The summed E-state index contributed by atoms with van der Waals surface area (Å²) in [5.41, 5.74) is 0. The van der Waals surface area contributed by atoms with Crippen molar-refractivity contribution in [3.63, 3.8) is 0 Å². The van der Waals surface area contributed by atoms with Gasteiger partial charge in [-0.2, -0.15) is 0 Å². The van der Waals surface area contributed by atoms with Crippen molar-refractivity contribution in [3.8, 4) is 0 Å². The molecule has 0 atom stereocenters. The first-order chi connectivity index (χ1) is 2.83. The summed E-state index contributed by atoms with van der Waals surface area (Å²) in [6, 6.07) is 0. The predicted octanol–water partition coefficient (Wildman–Crippen LogP) is -0.896. The molecule has 0 N–H and O–H groups in total. The van der Waals surface area contributed by atoms with Crippen molar-refractivity contribution in [2.45, 2.75) is 0 Å². The van der Waals surface area contributed by atoms with Gasteiger partial charge in [-0.3, -0.25) is 9.13 Å². The van der Waals surface area contributed by atoms with E-state index < -0.39 is 17.4 Å². The number of hydrogen-bond donors (Lipinski definition) is 0. The maximum atomic E-state index is 8.35. The molecule has 0 aliphatic carbocycles. The van der Waals surface area contributed by atoms with Crippen LogP contribution < -0.4 is 9.79 Å². The van der Waals surface area contributed by atoms with Crippen molar-refractivity contribution in [2.75, 3.05) is 0 Å². The molecule has 0 aromatic rings. The van der Waals surface area contributed by atoms with Gasteiger partial charge in [-0.05, 0) is 0 Å². The minimum absolute atomic E-state index is 0. The van der Waals surface area contributed by atoms with Gasteiger partial charge < -0.3 is 9.79 Å². The molecule has 0 spiro atoms. The van der Waals surface area contributed by atoms with Gasteiger partial charge in [0.05, 0.1) is 17.4 Å².